The first-order valence-corrected chi connectivity index (χ1v) is 36.5. The molecular formula is C78H93N13O15. The van der Waals surface area contributed by atoms with Crippen molar-refractivity contribution in [3.63, 3.8) is 0 Å². The van der Waals surface area contributed by atoms with Gasteiger partial charge in [0.25, 0.3) is 11.8 Å². The summed E-state index contributed by atoms with van der Waals surface area (Å²) in [4.78, 5) is 129. The summed E-state index contributed by atoms with van der Waals surface area (Å²) in [5.41, 5.74) is 6.71. The Morgan fingerprint density at radius 3 is 1.99 bits per heavy atom. The number of carbonyl (C=O) groups excluding carboxylic acids is 9. The third-order valence-corrected chi connectivity index (χ3v) is 21.3. The molecule has 7 aliphatic rings. The second-order valence-electron chi connectivity index (χ2n) is 30.3. The lowest BCUT2D eigenvalue weighted by Gasteiger charge is -2.31. The molecule has 4 fully saturated rings. The van der Waals surface area contributed by atoms with Crippen LogP contribution in [-0.2, 0) is 52.2 Å². The highest BCUT2D eigenvalue weighted by Gasteiger charge is 2.58. The van der Waals surface area contributed by atoms with Crippen molar-refractivity contribution < 1.29 is 71.9 Å². The molecule has 106 heavy (non-hydrogen) atoms. The summed E-state index contributed by atoms with van der Waals surface area (Å²) < 4.78 is 31.7. The van der Waals surface area contributed by atoms with E-state index >= 15 is 0 Å². The number of hydrogen-bond donors (Lipinski definition) is 7. The van der Waals surface area contributed by atoms with Crippen molar-refractivity contribution in [2.24, 2.45) is 16.7 Å². The van der Waals surface area contributed by atoms with Gasteiger partial charge in [-0.05, 0) is 144 Å². The largest absolute Gasteiger partial charge is 0.493 e. The van der Waals surface area contributed by atoms with Crippen LogP contribution in [0.15, 0.2) is 97.1 Å². The number of fused-ring (bicyclic) bond motifs is 9. The number of nitrogens with zero attached hydrogens (tertiary/aromatic N) is 7. The monoisotopic (exact) mass is 1450 g/mol. The van der Waals surface area contributed by atoms with E-state index in [1.165, 1.54) is 32.9 Å². The first-order valence-electron chi connectivity index (χ1n) is 36.5. The van der Waals surface area contributed by atoms with E-state index in [4.69, 9.17) is 23.7 Å². The van der Waals surface area contributed by atoms with Crippen molar-refractivity contribution in [3.8, 4) is 45.5 Å². The maximum absolute atomic E-state index is 14.5. The van der Waals surface area contributed by atoms with E-state index in [0.717, 1.165) is 58.8 Å². The van der Waals surface area contributed by atoms with Gasteiger partial charge in [0.2, 0.25) is 35.4 Å². The van der Waals surface area contributed by atoms with Gasteiger partial charge in [-0.2, -0.15) is 0 Å². The summed E-state index contributed by atoms with van der Waals surface area (Å²) in [6.45, 7) is 12.4. The number of carbonyl (C=O) groups is 9. The number of unbranched alkanes of at least 4 members (excludes halogenated alkanes) is 2. The number of nitrogens with one attached hydrogen (secondary N) is 6. The van der Waals surface area contributed by atoms with Crippen molar-refractivity contribution in [2.75, 3.05) is 80.6 Å². The Morgan fingerprint density at radius 1 is 0.670 bits per heavy atom. The highest BCUT2D eigenvalue weighted by Crippen LogP contribution is 2.58. The molecule has 28 heteroatoms. The average molecular weight is 1450 g/mol. The smallest absolute Gasteiger partial charge is 0.416 e. The van der Waals surface area contributed by atoms with Crippen LogP contribution < -0.4 is 60.6 Å². The minimum Gasteiger partial charge on any atom is -0.493 e. The molecule has 0 radical (unpaired) electrons. The molecule has 5 atom stereocenters. The fourth-order valence-corrected chi connectivity index (χ4v) is 15.0. The van der Waals surface area contributed by atoms with E-state index in [1.807, 2.05) is 85.0 Å². The minimum atomic E-state index is -1.47. The first-order chi connectivity index (χ1) is 50.8. The lowest BCUT2D eigenvalue weighted by molar-refractivity contribution is -0.132. The Labute approximate surface area is 614 Å². The van der Waals surface area contributed by atoms with Gasteiger partial charge < -0.3 is 75.4 Å². The Morgan fingerprint density at radius 2 is 1.30 bits per heavy atom. The molecule has 1 aromatic heterocycles. The molecule has 7 N–H and O–H groups in total. The topological polar surface area (TPSA) is 336 Å². The standard InChI is InChI=1S/C78H93N13O15/c1-45(2)67(84-65(94)40-81-64(93)39-80-63(92)24-25-66(95)87-41-48-16-10-11-17-51(48)68-69(52-18-12-13-19-56(52)87)91(86-85-68)76(4,5)6)71(97)82-46(3)70(96)83-49-22-20-47(21-23-49)42-106-75(101)90-57-35-62(60(103-8)33-54(57)73(99)89-44-78(28-29-78)37-58(89)74(90)100)105-31-15-9-14-30-104-61-34-55-53(32-59(61)102-7)72(98)88-43-77(26-27-77)36-50(88)38-79-55/h10-13,16-23,32-35,45-46,50,58,67,74,79,100H,9,14-15,24-31,36-44H2,1-8H3,(H,80,92)(H,81,93)(H,82,97)(H,83,96)(H,84,94)/t46-,50-,58-,67-,74-/m0/s1. The number of methoxy groups -OCH3 is 2. The van der Waals surface area contributed by atoms with Gasteiger partial charge in [-0.1, -0.05) is 73.7 Å². The molecule has 28 nitrogen and oxygen atoms in total. The molecule has 6 aromatic rings. The van der Waals surface area contributed by atoms with E-state index in [9.17, 15) is 48.3 Å². The summed E-state index contributed by atoms with van der Waals surface area (Å²) in [7, 11) is 3.03. The van der Waals surface area contributed by atoms with E-state index in [0.29, 0.717) is 90.5 Å². The van der Waals surface area contributed by atoms with E-state index in [2.05, 4.69) is 42.2 Å². The van der Waals surface area contributed by atoms with Crippen LogP contribution in [0.2, 0.25) is 0 Å². The van der Waals surface area contributed by atoms with Gasteiger partial charge >= 0.3 is 6.09 Å². The van der Waals surface area contributed by atoms with Gasteiger partial charge in [0.15, 0.2) is 29.2 Å². The van der Waals surface area contributed by atoms with Gasteiger partial charge in [0.05, 0.1) is 92.5 Å². The quantitative estimate of drug-likeness (QED) is 0.0266. The third-order valence-electron chi connectivity index (χ3n) is 21.3. The van der Waals surface area contributed by atoms with Crippen molar-refractivity contribution >= 4 is 76.1 Å². The van der Waals surface area contributed by atoms with Gasteiger partial charge in [-0.15, -0.1) is 5.10 Å². The number of hydrogen-bond acceptors (Lipinski definition) is 18. The summed E-state index contributed by atoms with van der Waals surface area (Å²) in [6.07, 6.45) is 4.91. The number of aliphatic hydroxyl groups is 1. The van der Waals surface area contributed by atoms with Gasteiger partial charge in [0, 0.05) is 67.5 Å². The first kappa shape index (κ1) is 73.5. The van der Waals surface area contributed by atoms with Crippen molar-refractivity contribution in [2.45, 2.75) is 161 Å². The Hall–Kier alpha value is -10.8. The lowest BCUT2D eigenvalue weighted by atomic mass is 9.94. The van der Waals surface area contributed by atoms with Crippen LogP contribution in [0.4, 0.5) is 27.5 Å². The molecule has 0 bridgehead atoms. The molecule has 2 spiro atoms. The molecule has 6 heterocycles. The van der Waals surface area contributed by atoms with Gasteiger partial charge in [-0.25, -0.2) is 14.4 Å². The van der Waals surface area contributed by atoms with E-state index < -0.39 is 84.5 Å². The molecule has 5 aliphatic heterocycles. The molecule has 0 unspecified atom stereocenters. The Bertz CT molecular complexity index is 4410. The average Bonchev–Trinajstić information content (AvgIpc) is 1.57. The number of ether oxygens (including phenoxy) is 5. The minimum absolute atomic E-state index is 0.0181. The number of amides is 9. The van der Waals surface area contributed by atoms with Crippen LogP contribution in [-0.4, -0.2) is 174 Å². The van der Waals surface area contributed by atoms with Crippen molar-refractivity contribution in [1.29, 1.82) is 0 Å². The van der Waals surface area contributed by atoms with Crippen molar-refractivity contribution in [1.82, 2.24) is 46.1 Å². The second-order valence-corrected chi connectivity index (χ2v) is 30.3. The predicted octanol–water partition coefficient (Wildman–Crippen LogP) is 8.05. The number of para-hydroxylation sites is 1. The molecular weight excluding hydrogens is 1360 g/mol. The van der Waals surface area contributed by atoms with E-state index in [1.54, 1.807) is 67.2 Å². The number of rotatable bonds is 25. The SMILES string of the molecule is COc1cc2c(cc1OCCCCCOc1cc3c(cc1OC)C(=O)N1CC4(CC4)C[C@H]1[C@H](O)N3C(=O)OCc1ccc(NC(=O)[C@H](C)NC(=O)[C@@H](NC(=O)CNC(=O)CNC(=O)CCC(=O)N3Cc4ccccc4-c4nnn(C(C)(C)C)c4-c4ccccc43)C(C)C)cc1)NC[C@@H]1CC3(CC3)CN1C2=O. The summed E-state index contributed by atoms with van der Waals surface area (Å²) in [6, 6.07) is 25.6. The van der Waals surface area contributed by atoms with Gasteiger partial charge in [0.1, 0.15) is 24.4 Å². The fraction of sp³-hybridized carbons (Fsp3) is 0.474. The molecule has 13 rings (SSSR count). The zero-order valence-corrected chi connectivity index (χ0v) is 61.1. The zero-order valence-electron chi connectivity index (χ0n) is 61.1. The summed E-state index contributed by atoms with van der Waals surface area (Å²) in [5.74, 6) is -2.73. The Kier molecular flexibility index (Phi) is 21.1. The van der Waals surface area contributed by atoms with Crippen LogP contribution in [0, 0.1) is 16.7 Å². The van der Waals surface area contributed by atoms with Crippen molar-refractivity contribution in [3.05, 3.63) is 119 Å². The predicted molar refractivity (Wildman–Crippen MR) is 392 cm³/mol. The fourth-order valence-electron chi connectivity index (χ4n) is 15.0. The molecule has 560 valence electrons. The highest BCUT2D eigenvalue weighted by molar-refractivity contribution is 6.07. The summed E-state index contributed by atoms with van der Waals surface area (Å²) in [5, 5.41) is 37.8. The maximum Gasteiger partial charge on any atom is 0.416 e. The van der Waals surface area contributed by atoms with Crippen LogP contribution in [0.5, 0.6) is 23.0 Å². The highest BCUT2D eigenvalue weighted by atomic mass is 16.6. The van der Waals surface area contributed by atoms with Crippen LogP contribution in [0.25, 0.3) is 22.5 Å². The van der Waals surface area contributed by atoms with E-state index in [-0.39, 0.29) is 84.5 Å². The normalized spacial score (nSPS) is 18.8. The number of aliphatic hydroxyl groups excluding tert-OH is 1. The third kappa shape index (κ3) is 15.6. The zero-order chi connectivity index (χ0) is 74.9. The molecule has 2 saturated carbocycles. The second kappa shape index (κ2) is 30.4. The lowest BCUT2D eigenvalue weighted by Crippen LogP contribution is -2.55. The van der Waals surface area contributed by atoms with Crippen LogP contribution in [0.3, 0.4) is 0 Å². The van der Waals surface area contributed by atoms with Crippen LogP contribution in [0.1, 0.15) is 144 Å². The molecule has 2 aliphatic carbocycles. The molecule has 9 amide bonds. The maximum atomic E-state index is 14.5. The number of aromatic nitrogens is 3. The summed E-state index contributed by atoms with van der Waals surface area (Å²) >= 11 is 0. The molecule has 5 aromatic carbocycles. The van der Waals surface area contributed by atoms with Crippen LogP contribution >= 0.6 is 0 Å². The number of benzene rings is 5. The van der Waals surface area contributed by atoms with Gasteiger partial charge in [-0.3, -0.25) is 38.4 Å². The number of anilines is 4. The Balaban J connectivity index is 0.556. The molecule has 2 saturated heterocycles.